The predicted octanol–water partition coefficient (Wildman–Crippen LogP) is 0.234. The van der Waals surface area contributed by atoms with E-state index in [1.807, 2.05) is 30.3 Å². The highest BCUT2D eigenvalue weighted by atomic mass is 35.5. The Hall–Kier alpha value is -1.79. The number of carbonyl (C=O) groups excluding carboxylic acids is 1. The molecule has 96 valence electrons. The first-order chi connectivity index (χ1) is 8.25. The van der Waals surface area contributed by atoms with Crippen molar-refractivity contribution < 1.29 is 4.79 Å². The number of halogens is 1. The third kappa shape index (κ3) is 3.90. The van der Waals surface area contributed by atoms with Crippen molar-refractivity contribution in [1.82, 2.24) is 20.2 Å². The van der Waals surface area contributed by atoms with Crippen LogP contribution in [0.3, 0.4) is 0 Å². The summed E-state index contributed by atoms with van der Waals surface area (Å²) in [7, 11) is 0. The van der Waals surface area contributed by atoms with E-state index in [1.165, 1.54) is 11.1 Å². The zero-order valence-corrected chi connectivity index (χ0v) is 10.5. The first-order valence-corrected chi connectivity index (χ1v) is 5.28. The summed E-state index contributed by atoms with van der Waals surface area (Å²) in [5.74, 6) is -0.105. The van der Waals surface area contributed by atoms with Crippen LogP contribution in [0.5, 0.6) is 0 Å². The van der Waals surface area contributed by atoms with E-state index in [4.69, 9.17) is 5.73 Å². The van der Waals surface area contributed by atoms with Gasteiger partial charge in [0.1, 0.15) is 6.54 Å². The summed E-state index contributed by atoms with van der Waals surface area (Å²) in [5.41, 5.74) is 6.87. The molecule has 1 heterocycles. The molecular formula is C11H14ClN5O. The lowest BCUT2D eigenvalue weighted by molar-refractivity contribution is -0.121. The molecule has 2 rings (SSSR count). The van der Waals surface area contributed by atoms with Crippen molar-refractivity contribution in [3.05, 3.63) is 42.2 Å². The fraction of sp³-hybridized carbons (Fsp3) is 0.273. The van der Waals surface area contributed by atoms with Crippen LogP contribution in [0, 0.1) is 0 Å². The van der Waals surface area contributed by atoms with Gasteiger partial charge in [-0.3, -0.25) is 4.79 Å². The Morgan fingerprint density at radius 1 is 1.33 bits per heavy atom. The highest BCUT2D eigenvalue weighted by Crippen LogP contribution is 2.02. The standard InChI is InChI=1S/C11H13N5O.ClH/c12-10(6-9-4-2-1-3-5-9)11(17)7-16-14-8-13-15-16;/h1-5,8,10H,6-7,12H2;1H. The van der Waals surface area contributed by atoms with Crippen LogP contribution in [0.15, 0.2) is 36.7 Å². The number of nitrogens with two attached hydrogens (primary N) is 1. The van der Waals surface area contributed by atoms with Crippen LogP contribution in [0.4, 0.5) is 0 Å². The molecule has 1 unspecified atom stereocenters. The van der Waals surface area contributed by atoms with Gasteiger partial charge in [-0.2, -0.15) is 4.80 Å². The number of hydrogen-bond acceptors (Lipinski definition) is 5. The molecule has 1 aromatic heterocycles. The van der Waals surface area contributed by atoms with Crippen LogP contribution in [-0.4, -0.2) is 32.0 Å². The average Bonchev–Trinajstić information content (AvgIpc) is 2.83. The summed E-state index contributed by atoms with van der Waals surface area (Å²) in [6.07, 6.45) is 1.81. The Kier molecular flexibility index (Phi) is 5.41. The second kappa shape index (κ2) is 6.83. The number of carbonyl (C=O) groups is 1. The molecule has 0 saturated carbocycles. The van der Waals surface area contributed by atoms with Crippen molar-refractivity contribution in [2.75, 3.05) is 0 Å². The van der Waals surface area contributed by atoms with Crippen molar-refractivity contribution >= 4 is 18.2 Å². The number of ketones is 1. The Bertz CT molecular complexity index is 473. The van der Waals surface area contributed by atoms with Crippen LogP contribution in [0.2, 0.25) is 0 Å². The molecule has 0 bridgehead atoms. The van der Waals surface area contributed by atoms with Gasteiger partial charge in [0.2, 0.25) is 0 Å². The molecule has 0 aliphatic carbocycles. The van der Waals surface area contributed by atoms with Crippen LogP contribution in [0.25, 0.3) is 0 Å². The summed E-state index contributed by atoms with van der Waals surface area (Å²) in [6, 6.07) is 9.12. The summed E-state index contributed by atoms with van der Waals surface area (Å²) >= 11 is 0. The highest BCUT2D eigenvalue weighted by molar-refractivity contribution is 5.85. The summed E-state index contributed by atoms with van der Waals surface area (Å²) in [5, 5.41) is 10.9. The lowest BCUT2D eigenvalue weighted by Crippen LogP contribution is -2.35. The number of aromatic nitrogens is 4. The monoisotopic (exact) mass is 267 g/mol. The van der Waals surface area contributed by atoms with Gasteiger partial charge in [-0.25, -0.2) is 0 Å². The normalized spacial score (nSPS) is 11.6. The van der Waals surface area contributed by atoms with Crippen molar-refractivity contribution in [3.8, 4) is 0 Å². The van der Waals surface area contributed by atoms with Crippen molar-refractivity contribution in [1.29, 1.82) is 0 Å². The predicted molar refractivity (Wildman–Crippen MR) is 68.2 cm³/mol. The number of nitrogens with zero attached hydrogens (tertiary/aromatic N) is 4. The average molecular weight is 268 g/mol. The molecule has 0 aliphatic rings. The number of rotatable bonds is 5. The zero-order chi connectivity index (χ0) is 12.1. The fourth-order valence-electron chi connectivity index (χ4n) is 1.50. The molecule has 2 N–H and O–H groups in total. The summed E-state index contributed by atoms with van der Waals surface area (Å²) in [6.45, 7) is 0.0635. The van der Waals surface area contributed by atoms with Crippen LogP contribution >= 0.6 is 12.4 Å². The maximum atomic E-state index is 11.8. The molecule has 0 fully saturated rings. The SMILES string of the molecule is Cl.NC(Cc1ccccc1)C(=O)Cn1ncnn1. The maximum Gasteiger partial charge on any atom is 0.173 e. The van der Waals surface area contributed by atoms with Crippen LogP contribution < -0.4 is 5.73 Å². The third-order valence-electron chi connectivity index (χ3n) is 2.40. The molecule has 2 aromatic rings. The van der Waals surface area contributed by atoms with Gasteiger partial charge in [0.05, 0.1) is 6.04 Å². The van der Waals surface area contributed by atoms with E-state index in [9.17, 15) is 4.79 Å². The molecular weight excluding hydrogens is 254 g/mol. The van der Waals surface area contributed by atoms with Gasteiger partial charge in [0.25, 0.3) is 0 Å². The number of tetrazole rings is 1. The lowest BCUT2D eigenvalue weighted by atomic mass is 10.0. The van der Waals surface area contributed by atoms with E-state index in [1.54, 1.807) is 0 Å². The van der Waals surface area contributed by atoms with Crippen molar-refractivity contribution in [2.24, 2.45) is 5.73 Å². The minimum atomic E-state index is -0.539. The molecule has 7 heteroatoms. The van der Waals surface area contributed by atoms with E-state index in [0.29, 0.717) is 6.42 Å². The zero-order valence-electron chi connectivity index (χ0n) is 9.64. The van der Waals surface area contributed by atoms with Gasteiger partial charge >= 0.3 is 0 Å². The van der Waals surface area contributed by atoms with Gasteiger partial charge in [0.15, 0.2) is 12.1 Å². The van der Waals surface area contributed by atoms with E-state index in [2.05, 4.69) is 15.4 Å². The second-order valence-electron chi connectivity index (χ2n) is 3.73. The molecule has 18 heavy (non-hydrogen) atoms. The Morgan fingerprint density at radius 3 is 2.67 bits per heavy atom. The first-order valence-electron chi connectivity index (χ1n) is 5.28. The van der Waals surface area contributed by atoms with Crippen molar-refractivity contribution in [2.45, 2.75) is 19.0 Å². The van der Waals surface area contributed by atoms with E-state index < -0.39 is 6.04 Å². The minimum absolute atomic E-state index is 0. The molecule has 0 amide bonds. The molecule has 6 nitrogen and oxygen atoms in total. The quantitative estimate of drug-likeness (QED) is 0.838. The fourth-order valence-corrected chi connectivity index (χ4v) is 1.50. The third-order valence-corrected chi connectivity index (χ3v) is 2.40. The minimum Gasteiger partial charge on any atom is -0.321 e. The largest absolute Gasteiger partial charge is 0.321 e. The smallest absolute Gasteiger partial charge is 0.173 e. The van der Waals surface area contributed by atoms with E-state index in [0.717, 1.165) is 5.56 Å². The van der Waals surface area contributed by atoms with Gasteiger partial charge in [-0.05, 0) is 17.2 Å². The Morgan fingerprint density at radius 2 is 2.06 bits per heavy atom. The van der Waals surface area contributed by atoms with Gasteiger partial charge in [-0.1, -0.05) is 30.3 Å². The second-order valence-corrected chi connectivity index (χ2v) is 3.73. The Labute approximate surface area is 111 Å². The molecule has 0 saturated heterocycles. The number of hydrogen-bond donors (Lipinski definition) is 1. The molecule has 0 radical (unpaired) electrons. The Balaban J connectivity index is 0.00000162. The van der Waals surface area contributed by atoms with E-state index in [-0.39, 0.29) is 24.7 Å². The van der Waals surface area contributed by atoms with Crippen LogP contribution in [-0.2, 0) is 17.8 Å². The topological polar surface area (TPSA) is 86.7 Å². The van der Waals surface area contributed by atoms with Gasteiger partial charge in [-0.15, -0.1) is 22.6 Å². The molecule has 0 aliphatic heterocycles. The number of Topliss-reactive ketones (excluding diaryl/α,β-unsaturated/α-hetero) is 1. The maximum absolute atomic E-state index is 11.8. The van der Waals surface area contributed by atoms with Gasteiger partial charge < -0.3 is 5.73 Å². The molecule has 1 atom stereocenters. The highest BCUT2D eigenvalue weighted by Gasteiger charge is 2.15. The number of benzene rings is 1. The van der Waals surface area contributed by atoms with Gasteiger partial charge in [0, 0.05) is 0 Å². The molecule has 0 spiro atoms. The summed E-state index contributed by atoms with van der Waals surface area (Å²) in [4.78, 5) is 13.0. The van der Waals surface area contributed by atoms with Crippen molar-refractivity contribution in [3.63, 3.8) is 0 Å². The lowest BCUT2D eigenvalue weighted by Gasteiger charge is -2.09. The van der Waals surface area contributed by atoms with Crippen LogP contribution in [0.1, 0.15) is 5.56 Å². The van der Waals surface area contributed by atoms with E-state index >= 15 is 0 Å². The molecule has 1 aromatic carbocycles. The first kappa shape index (κ1) is 14.3. The summed E-state index contributed by atoms with van der Waals surface area (Å²) < 4.78 is 0.